The van der Waals surface area contributed by atoms with Gasteiger partial charge in [0.2, 0.25) is 0 Å². The lowest BCUT2D eigenvalue weighted by Gasteiger charge is -2.29. The Bertz CT molecular complexity index is 483. The van der Waals surface area contributed by atoms with Gasteiger partial charge in [0.25, 0.3) is 0 Å². The van der Waals surface area contributed by atoms with Crippen LogP contribution in [0.5, 0.6) is 0 Å². The minimum atomic E-state index is -1.03. The van der Waals surface area contributed by atoms with Crippen molar-refractivity contribution in [1.82, 2.24) is 15.2 Å². The largest absolute Gasteiger partial charge is 0.480 e. The molecule has 1 aromatic heterocycles. The van der Waals surface area contributed by atoms with Gasteiger partial charge < -0.3 is 15.3 Å². The van der Waals surface area contributed by atoms with Crippen molar-refractivity contribution in [1.29, 1.82) is 0 Å². The van der Waals surface area contributed by atoms with Gasteiger partial charge in [-0.15, -0.1) is 0 Å². The zero-order valence-electron chi connectivity index (χ0n) is 13.0. The van der Waals surface area contributed by atoms with E-state index in [-0.39, 0.29) is 0 Å². The highest BCUT2D eigenvalue weighted by Gasteiger charge is 2.33. The van der Waals surface area contributed by atoms with Crippen LogP contribution in [0.2, 0.25) is 0 Å². The predicted molar refractivity (Wildman–Crippen MR) is 80.0 cm³/mol. The normalized spacial score (nSPS) is 12.6. The highest BCUT2D eigenvalue weighted by Crippen LogP contribution is 2.19. The average molecular weight is 293 g/mol. The summed E-state index contributed by atoms with van der Waals surface area (Å²) >= 11 is 0. The number of aliphatic carboxylic acids is 1. The molecule has 2 amide bonds. The lowest BCUT2D eigenvalue weighted by molar-refractivity contribution is -0.142. The Hall–Kier alpha value is -2.11. The van der Waals surface area contributed by atoms with E-state index in [9.17, 15) is 14.7 Å². The van der Waals surface area contributed by atoms with E-state index in [0.717, 1.165) is 5.69 Å². The number of nitrogens with zero attached hydrogens (tertiary/aromatic N) is 2. The first-order valence-corrected chi connectivity index (χ1v) is 6.86. The van der Waals surface area contributed by atoms with Gasteiger partial charge in [-0.2, -0.15) is 0 Å². The maximum Gasteiger partial charge on any atom is 0.326 e. The van der Waals surface area contributed by atoms with E-state index >= 15 is 0 Å². The lowest BCUT2D eigenvalue weighted by Crippen LogP contribution is -2.52. The molecule has 1 atom stereocenters. The van der Waals surface area contributed by atoms with Crippen LogP contribution >= 0.6 is 0 Å². The number of pyridine rings is 1. The molecule has 1 rings (SSSR count). The first-order valence-electron chi connectivity index (χ1n) is 6.86. The van der Waals surface area contributed by atoms with Crippen LogP contribution in [0, 0.1) is 5.41 Å². The topological polar surface area (TPSA) is 82.5 Å². The van der Waals surface area contributed by atoms with Crippen LogP contribution in [0.4, 0.5) is 4.79 Å². The Morgan fingerprint density at radius 2 is 2.05 bits per heavy atom. The SMILES string of the molecule is CN(CCc1ccccn1)C(=O)NC(C(=O)O)C(C)(C)C. The zero-order chi connectivity index (χ0) is 16.0. The van der Waals surface area contributed by atoms with Gasteiger partial charge in [-0.05, 0) is 17.5 Å². The molecule has 6 nitrogen and oxygen atoms in total. The van der Waals surface area contributed by atoms with E-state index < -0.39 is 23.5 Å². The molecule has 116 valence electrons. The number of likely N-dealkylation sites (N-methyl/N-ethyl adjacent to an activating group) is 1. The van der Waals surface area contributed by atoms with E-state index in [1.165, 1.54) is 4.90 Å². The number of urea groups is 1. The van der Waals surface area contributed by atoms with Crippen LogP contribution in [0.3, 0.4) is 0 Å². The summed E-state index contributed by atoms with van der Waals surface area (Å²) in [6, 6.07) is 4.29. The monoisotopic (exact) mass is 293 g/mol. The standard InChI is InChI=1S/C15H23N3O3/c1-15(2,3)12(13(19)20)17-14(21)18(4)10-8-11-7-5-6-9-16-11/h5-7,9,12H,8,10H2,1-4H3,(H,17,21)(H,19,20). The molecule has 0 radical (unpaired) electrons. The third-order valence-corrected chi connectivity index (χ3v) is 3.16. The van der Waals surface area contributed by atoms with Gasteiger partial charge in [0.15, 0.2) is 0 Å². The van der Waals surface area contributed by atoms with Crippen molar-refractivity contribution in [2.75, 3.05) is 13.6 Å². The molecule has 0 aliphatic heterocycles. The summed E-state index contributed by atoms with van der Waals surface area (Å²) in [4.78, 5) is 29.0. The molecule has 1 unspecified atom stereocenters. The minimum absolute atomic E-state index is 0.395. The number of carboxylic acid groups (broad SMARTS) is 1. The van der Waals surface area contributed by atoms with Gasteiger partial charge in [-0.3, -0.25) is 4.98 Å². The van der Waals surface area contributed by atoms with Crippen LogP contribution in [0.15, 0.2) is 24.4 Å². The molecular weight excluding hydrogens is 270 g/mol. The highest BCUT2D eigenvalue weighted by molar-refractivity contribution is 5.83. The van der Waals surface area contributed by atoms with Gasteiger partial charge >= 0.3 is 12.0 Å². The molecule has 0 spiro atoms. The van der Waals surface area contributed by atoms with Crippen molar-refractivity contribution >= 4 is 12.0 Å². The number of amides is 2. The second kappa shape index (κ2) is 7.06. The number of hydrogen-bond donors (Lipinski definition) is 2. The third-order valence-electron chi connectivity index (χ3n) is 3.16. The summed E-state index contributed by atoms with van der Waals surface area (Å²) in [5.41, 5.74) is 0.339. The second-order valence-electron chi connectivity index (χ2n) is 6.08. The van der Waals surface area contributed by atoms with Crippen LogP contribution < -0.4 is 5.32 Å². The minimum Gasteiger partial charge on any atom is -0.480 e. The molecule has 0 aliphatic carbocycles. The summed E-state index contributed by atoms with van der Waals surface area (Å²) in [6.07, 6.45) is 2.33. The lowest BCUT2D eigenvalue weighted by atomic mass is 9.87. The van der Waals surface area contributed by atoms with Crippen molar-refractivity contribution in [2.24, 2.45) is 5.41 Å². The summed E-state index contributed by atoms with van der Waals surface area (Å²) < 4.78 is 0. The zero-order valence-corrected chi connectivity index (χ0v) is 13.0. The fourth-order valence-electron chi connectivity index (χ4n) is 1.81. The van der Waals surface area contributed by atoms with Crippen LogP contribution in [0.1, 0.15) is 26.5 Å². The molecule has 0 fully saturated rings. The molecule has 0 saturated carbocycles. The molecule has 0 aliphatic rings. The number of hydrogen-bond acceptors (Lipinski definition) is 3. The molecule has 0 aromatic carbocycles. The Labute approximate surface area is 125 Å². The summed E-state index contributed by atoms with van der Waals surface area (Å²) in [7, 11) is 1.64. The first-order chi connectivity index (χ1) is 9.71. The molecule has 2 N–H and O–H groups in total. The van der Waals surface area contributed by atoms with Gasteiger partial charge in [-0.25, -0.2) is 9.59 Å². The van der Waals surface area contributed by atoms with E-state index in [4.69, 9.17) is 0 Å². The van der Waals surface area contributed by atoms with Crippen molar-refractivity contribution < 1.29 is 14.7 Å². The third kappa shape index (κ3) is 5.41. The smallest absolute Gasteiger partial charge is 0.326 e. The number of carbonyl (C=O) groups is 2. The molecule has 21 heavy (non-hydrogen) atoms. The second-order valence-corrected chi connectivity index (χ2v) is 6.08. The van der Waals surface area contributed by atoms with Gasteiger partial charge in [0.05, 0.1) is 0 Å². The van der Waals surface area contributed by atoms with Gasteiger partial charge in [0, 0.05) is 31.9 Å². The van der Waals surface area contributed by atoms with Gasteiger partial charge in [0.1, 0.15) is 6.04 Å². The fourth-order valence-corrected chi connectivity index (χ4v) is 1.81. The van der Waals surface area contributed by atoms with Crippen LogP contribution in [0.25, 0.3) is 0 Å². The Morgan fingerprint density at radius 3 is 2.52 bits per heavy atom. The van der Waals surface area contributed by atoms with Crippen molar-refractivity contribution in [3.8, 4) is 0 Å². The number of nitrogens with one attached hydrogen (secondary N) is 1. The molecule has 1 heterocycles. The van der Waals surface area contributed by atoms with E-state index in [1.54, 1.807) is 34.0 Å². The molecule has 6 heteroatoms. The summed E-state index contributed by atoms with van der Waals surface area (Å²) in [5.74, 6) is -1.03. The number of aromatic nitrogens is 1. The molecule has 0 bridgehead atoms. The Balaban J connectivity index is 2.56. The van der Waals surface area contributed by atoms with Crippen molar-refractivity contribution in [2.45, 2.75) is 33.2 Å². The summed E-state index contributed by atoms with van der Waals surface area (Å²) in [6.45, 7) is 5.80. The quantitative estimate of drug-likeness (QED) is 0.866. The number of rotatable bonds is 5. The number of carbonyl (C=O) groups excluding carboxylic acids is 1. The van der Waals surface area contributed by atoms with Crippen molar-refractivity contribution in [3.05, 3.63) is 30.1 Å². The fraction of sp³-hybridized carbons (Fsp3) is 0.533. The van der Waals surface area contributed by atoms with E-state index in [2.05, 4.69) is 10.3 Å². The molecule has 0 saturated heterocycles. The van der Waals surface area contributed by atoms with E-state index in [0.29, 0.717) is 13.0 Å². The highest BCUT2D eigenvalue weighted by atomic mass is 16.4. The molecule has 1 aromatic rings. The van der Waals surface area contributed by atoms with E-state index in [1.807, 2.05) is 18.2 Å². The van der Waals surface area contributed by atoms with Crippen LogP contribution in [-0.2, 0) is 11.2 Å². The van der Waals surface area contributed by atoms with Crippen LogP contribution in [-0.4, -0.2) is 46.6 Å². The summed E-state index contributed by atoms with van der Waals surface area (Å²) in [5, 5.41) is 11.8. The Kier molecular flexibility index (Phi) is 5.69. The predicted octanol–water partition coefficient (Wildman–Crippen LogP) is 1.76. The van der Waals surface area contributed by atoms with Gasteiger partial charge in [-0.1, -0.05) is 26.8 Å². The number of carboxylic acids is 1. The Morgan fingerprint density at radius 1 is 1.38 bits per heavy atom. The molecular formula is C15H23N3O3. The maximum absolute atomic E-state index is 12.1. The first kappa shape index (κ1) is 16.9. The van der Waals surface area contributed by atoms with Crippen molar-refractivity contribution in [3.63, 3.8) is 0 Å². The average Bonchev–Trinajstić information content (AvgIpc) is 2.41. The maximum atomic E-state index is 12.1.